The van der Waals surface area contributed by atoms with E-state index in [4.69, 9.17) is 10.5 Å². The second-order valence-electron chi connectivity index (χ2n) is 5.82. The topological polar surface area (TPSA) is 55.6 Å². The summed E-state index contributed by atoms with van der Waals surface area (Å²) in [7, 11) is 0. The highest BCUT2D eigenvalue weighted by molar-refractivity contribution is 5.68. The van der Waals surface area contributed by atoms with Crippen molar-refractivity contribution in [1.29, 1.82) is 0 Å². The molecule has 1 saturated carbocycles. The molecule has 1 amide bonds. The van der Waals surface area contributed by atoms with Crippen molar-refractivity contribution in [3.05, 3.63) is 0 Å². The van der Waals surface area contributed by atoms with Crippen LogP contribution in [0.4, 0.5) is 4.79 Å². The second-order valence-corrected chi connectivity index (χ2v) is 5.82. The van der Waals surface area contributed by atoms with Crippen molar-refractivity contribution < 1.29 is 9.53 Å². The predicted molar refractivity (Wildman–Crippen MR) is 57.4 cm³/mol. The number of carbonyl (C=O) groups is 1. The first-order valence-electron chi connectivity index (χ1n) is 5.56. The zero-order chi connectivity index (χ0) is 11.3. The number of hydrogen-bond acceptors (Lipinski definition) is 3. The SMILES string of the molecule is CC(C)(C)OC(=O)N1CC[C@]2(C[C@H]2N)C1. The zero-order valence-corrected chi connectivity index (χ0v) is 9.75. The molecule has 4 nitrogen and oxygen atoms in total. The van der Waals surface area contributed by atoms with Crippen LogP contribution in [0.1, 0.15) is 33.6 Å². The Hall–Kier alpha value is -0.770. The summed E-state index contributed by atoms with van der Waals surface area (Å²) in [6.45, 7) is 7.24. The van der Waals surface area contributed by atoms with Gasteiger partial charge in [0, 0.05) is 24.5 Å². The van der Waals surface area contributed by atoms with Crippen molar-refractivity contribution in [1.82, 2.24) is 4.90 Å². The van der Waals surface area contributed by atoms with Crippen LogP contribution in [0.5, 0.6) is 0 Å². The van der Waals surface area contributed by atoms with Gasteiger partial charge in [0.25, 0.3) is 0 Å². The monoisotopic (exact) mass is 212 g/mol. The van der Waals surface area contributed by atoms with Crippen molar-refractivity contribution in [3.63, 3.8) is 0 Å². The first-order valence-corrected chi connectivity index (χ1v) is 5.56. The van der Waals surface area contributed by atoms with Crippen molar-refractivity contribution in [3.8, 4) is 0 Å². The Balaban J connectivity index is 1.89. The van der Waals surface area contributed by atoms with E-state index >= 15 is 0 Å². The highest BCUT2D eigenvalue weighted by Crippen LogP contribution is 2.51. The van der Waals surface area contributed by atoms with Crippen LogP contribution in [-0.4, -0.2) is 35.7 Å². The van der Waals surface area contributed by atoms with E-state index in [0.29, 0.717) is 6.04 Å². The molecule has 0 radical (unpaired) electrons. The van der Waals surface area contributed by atoms with E-state index in [-0.39, 0.29) is 11.5 Å². The Morgan fingerprint density at radius 2 is 2.13 bits per heavy atom. The quantitative estimate of drug-likeness (QED) is 0.659. The lowest BCUT2D eigenvalue weighted by Crippen LogP contribution is -2.35. The average molecular weight is 212 g/mol. The van der Waals surface area contributed by atoms with Gasteiger partial charge in [0.15, 0.2) is 0 Å². The lowest BCUT2D eigenvalue weighted by Gasteiger charge is -2.24. The Bertz CT molecular complexity index is 285. The van der Waals surface area contributed by atoms with E-state index in [0.717, 1.165) is 25.9 Å². The van der Waals surface area contributed by atoms with Crippen LogP contribution in [0.2, 0.25) is 0 Å². The van der Waals surface area contributed by atoms with Gasteiger partial charge in [0.1, 0.15) is 5.60 Å². The van der Waals surface area contributed by atoms with Gasteiger partial charge < -0.3 is 15.4 Å². The predicted octanol–water partition coefficient (Wildman–Crippen LogP) is 1.34. The Kier molecular flexibility index (Phi) is 2.23. The molecule has 0 bridgehead atoms. The molecule has 2 rings (SSSR count). The van der Waals surface area contributed by atoms with Gasteiger partial charge in [0.2, 0.25) is 0 Å². The molecule has 1 aliphatic carbocycles. The molecule has 0 aromatic heterocycles. The first-order chi connectivity index (χ1) is 6.82. The maximum Gasteiger partial charge on any atom is 0.410 e. The summed E-state index contributed by atoms with van der Waals surface area (Å²) in [5, 5.41) is 0. The average Bonchev–Trinajstić information content (AvgIpc) is 2.55. The summed E-state index contributed by atoms with van der Waals surface area (Å²) in [6, 6.07) is 0.296. The third-order valence-electron chi connectivity index (χ3n) is 3.29. The van der Waals surface area contributed by atoms with E-state index in [2.05, 4.69) is 0 Å². The molecule has 1 saturated heterocycles. The Morgan fingerprint density at radius 1 is 1.53 bits per heavy atom. The van der Waals surface area contributed by atoms with Gasteiger partial charge >= 0.3 is 6.09 Å². The summed E-state index contributed by atoms with van der Waals surface area (Å²) < 4.78 is 5.32. The van der Waals surface area contributed by atoms with E-state index in [1.165, 1.54) is 0 Å². The van der Waals surface area contributed by atoms with Crippen LogP contribution in [0, 0.1) is 5.41 Å². The molecule has 86 valence electrons. The number of amides is 1. The highest BCUT2D eigenvalue weighted by Gasteiger charge is 2.56. The lowest BCUT2D eigenvalue weighted by molar-refractivity contribution is 0.0285. The minimum atomic E-state index is -0.404. The maximum absolute atomic E-state index is 11.7. The molecule has 1 aliphatic heterocycles. The maximum atomic E-state index is 11.7. The zero-order valence-electron chi connectivity index (χ0n) is 9.75. The Morgan fingerprint density at radius 3 is 2.53 bits per heavy atom. The molecule has 4 heteroatoms. The third kappa shape index (κ3) is 2.09. The molecule has 15 heavy (non-hydrogen) atoms. The fourth-order valence-electron chi connectivity index (χ4n) is 2.23. The largest absolute Gasteiger partial charge is 0.444 e. The molecule has 2 N–H and O–H groups in total. The van der Waals surface area contributed by atoms with E-state index < -0.39 is 5.60 Å². The van der Waals surface area contributed by atoms with Gasteiger partial charge in [-0.3, -0.25) is 0 Å². The van der Waals surface area contributed by atoms with Crippen molar-refractivity contribution in [2.24, 2.45) is 11.1 Å². The number of ether oxygens (including phenoxy) is 1. The Labute approximate surface area is 90.8 Å². The number of carbonyl (C=O) groups excluding carboxylic acids is 1. The van der Waals surface area contributed by atoms with Crippen molar-refractivity contribution >= 4 is 6.09 Å². The number of likely N-dealkylation sites (tertiary alicyclic amines) is 1. The van der Waals surface area contributed by atoms with Crippen LogP contribution < -0.4 is 5.73 Å². The fourth-order valence-corrected chi connectivity index (χ4v) is 2.23. The standard InChI is InChI=1S/C11H20N2O2/c1-10(2,3)15-9(14)13-5-4-11(7-13)6-8(11)12/h8H,4-7,12H2,1-3H3/t8-,11+/m1/s1. The number of hydrogen-bond donors (Lipinski definition) is 1. The molecule has 0 aromatic carbocycles. The van der Waals surface area contributed by atoms with Gasteiger partial charge in [-0.1, -0.05) is 0 Å². The molecular formula is C11H20N2O2. The fraction of sp³-hybridized carbons (Fsp3) is 0.909. The number of rotatable bonds is 0. The minimum absolute atomic E-state index is 0.196. The van der Waals surface area contributed by atoms with E-state index in [1.54, 1.807) is 4.90 Å². The lowest BCUT2D eigenvalue weighted by atomic mass is 10.1. The number of nitrogens with zero attached hydrogens (tertiary/aromatic N) is 1. The van der Waals surface area contributed by atoms with Gasteiger partial charge in [-0.25, -0.2) is 4.79 Å². The summed E-state index contributed by atoms with van der Waals surface area (Å²) in [5.41, 5.74) is 5.70. The number of nitrogens with two attached hydrogens (primary N) is 1. The van der Waals surface area contributed by atoms with E-state index in [1.807, 2.05) is 20.8 Å². The van der Waals surface area contributed by atoms with Crippen LogP contribution in [0.3, 0.4) is 0 Å². The minimum Gasteiger partial charge on any atom is -0.444 e. The van der Waals surface area contributed by atoms with Gasteiger partial charge in [0.05, 0.1) is 0 Å². The normalized spacial score (nSPS) is 34.7. The summed E-state index contributed by atoms with van der Waals surface area (Å²) in [4.78, 5) is 13.5. The molecule has 1 heterocycles. The molecule has 0 aromatic rings. The van der Waals surface area contributed by atoms with Crippen LogP contribution >= 0.6 is 0 Å². The smallest absolute Gasteiger partial charge is 0.410 e. The third-order valence-corrected chi connectivity index (χ3v) is 3.29. The molecule has 0 unspecified atom stereocenters. The summed E-state index contributed by atoms with van der Waals surface area (Å²) in [6.07, 6.45) is 1.90. The van der Waals surface area contributed by atoms with Crippen LogP contribution in [0.15, 0.2) is 0 Å². The van der Waals surface area contributed by atoms with Crippen molar-refractivity contribution in [2.75, 3.05) is 13.1 Å². The molecule has 2 fully saturated rings. The van der Waals surface area contributed by atoms with Crippen molar-refractivity contribution in [2.45, 2.75) is 45.3 Å². The molecule has 2 aliphatic rings. The molecule has 1 spiro atoms. The van der Waals surface area contributed by atoms with Crippen LogP contribution in [0.25, 0.3) is 0 Å². The molecule has 2 atom stereocenters. The van der Waals surface area contributed by atoms with Gasteiger partial charge in [-0.05, 0) is 33.6 Å². The first kappa shape index (κ1) is 10.7. The highest BCUT2D eigenvalue weighted by atomic mass is 16.6. The molecular weight excluding hydrogens is 192 g/mol. The van der Waals surface area contributed by atoms with E-state index in [9.17, 15) is 4.79 Å². The van der Waals surface area contributed by atoms with Gasteiger partial charge in [-0.2, -0.15) is 0 Å². The summed E-state index contributed by atoms with van der Waals surface area (Å²) in [5.74, 6) is 0. The van der Waals surface area contributed by atoms with Gasteiger partial charge in [-0.15, -0.1) is 0 Å². The summed E-state index contributed by atoms with van der Waals surface area (Å²) >= 11 is 0. The van der Waals surface area contributed by atoms with Crippen LogP contribution in [-0.2, 0) is 4.74 Å². The second kappa shape index (κ2) is 3.11.